The molecule has 7 heteroatoms. The van der Waals surface area contributed by atoms with Crippen molar-refractivity contribution < 1.29 is 12.8 Å². The molecule has 2 aliphatic heterocycles. The van der Waals surface area contributed by atoms with Crippen molar-refractivity contribution in [3.05, 3.63) is 29.0 Å². The summed E-state index contributed by atoms with van der Waals surface area (Å²) in [5.41, 5.74) is 0. The second kappa shape index (κ2) is 5.26. The molecule has 1 aromatic rings. The minimum absolute atomic E-state index is 0.00928. The van der Waals surface area contributed by atoms with Crippen molar-refractivity contribution in [1.29, 1.82) is 0 Å². The lowest BCUT2D eigenvalue weighted by atomic mass is 9.95. The van der Waals surface area contributed by atoms with Crippen LogP contribution in [0.5, 0.6) is 0 Å². The lowest BCUT2D eigenvalue weighted by Gasteiger charge is -2.34. The van der Waals surface area contributed by atoms with Crippen LogP contribution in [0.3, 0.4) is 0 Å². The van der Waals surface area contributed by atoms with Crippen LogP contribution in [0.2, 0.25) is 5.02 Å². The summed E-state index contributed by atoms with van der Waals surface area (Å²) >= 11 is 5.89. The normalized spacial score (nSPS) is 27.5. The largest absolute Gasteiger partial charge is 0.314 e. The van der Waals surface area contributed by atoms with E-state index in [0.717, 1.165) is 31.5 Å². The average Bonchev–Trinajstić information content (AvgIpc) is 2.85. The Bertz CT molecular complexity index is 623. The van der Waals surface area contributed by atoms with E-state index in [9.17, 15) is 12.8 Å². The molecule has 0 aromatic heterocycles. The summed E-state index contributed by atoms with van der Waals surface area (Å²) in [4.78, 5) is -0.00928. The molecule has 110 valence electrons. The predicted molar refractivity (Wildman–Crippen MR) is 74.7 cm³/mol. The molecule has 2 saturated heterocycles. The van der Waals surface area contributed by atoms with Gasteiger partial charge in [-0.15, -0.1) is 0 Å². The Morgan fingerprint density at radius 3 is 2.90 bits per heavy atom. The fourth-order valence-corrected chi connectivity index (χ4v) is 5.07. The maximum Gasteiger partial charge on any atom is 0.244 e. The first-order valence-electron chi connectivity index (χ1n) is 6.67. The molecule has 0 radical (unpaired) electrons. The maximum absolute atomic E-state index is 13.1. The van der Waals surface area contributed by atoms with Crippen molar-refractivity contribution in [2.75, 3.05) is 19.6 Å². The molecule has 4 nitrogen and oxygen atoms in total. The van der Waals surface area contributed by atoms with E-state index in [2.05, 4.69) is 5.32 Å². The van der Waals surface area contributed by atoms with Gasteiger partial charge in [-0.25, -0.2) is 12.8 Å². The second-order valence-corrected chi connectivity index (χ2v) is 7.65. The summed E-state index contributed by atoms with van der Waals surface area (Å²) in [6.45, 7) is 1.93. The van der Waals surface area contributed by atoms with E-state index >= 15 is 0 Å². The fraction of sp³-hybridized carbons (Fsp3) is 0.538. The zero-order valence-electron chi connectivity index (χ0n) is 10.9. The summed E-state index contributed by atoms with van der Waals surface area (Å²) in [6, 6.07) is 3.83. The Kier molecular flexibility index (Phi) is 3.75. The molecular weight excluding hydrogens is 303 g/mol. The highest BCUT2D eigenvalue weighted by Gasteiger charge is 2.38. The first-order valence-corrected chi connectivity index (χ1v) is 8.49. The van der Waals surface area contributed by atoms with Gasteiger partial charge in [-0.1, -0.05) is 11.6 Å². The van der Waals surface area contributed by atoms with Gasteiger partial charge in [0.15, 0.2) is 0 Å². The minimum Gasteiger partial charge on any atom is -0.314 e. The smallest absolute Gasteiger partial charge is 0.244 e. The lowest BCUT2D eigenvalue weighted by Crippen LogP contribution is -2.46. The molecule has 2 unspecified atom stereocenters. The van der Waals surface area contributed by atoms with E-state index in [0.29, 0.717) is 25.0 Å². The first kappa shape index (κ1) is 14.3. The van der Waals surface area contributed by atoms with Crippen LogP contribution in [0.4, 0.5) is 4.39 Å². The van der Waals surface area contributed by atoms with Gasteiger partial charge in [-0.05, 0) is 43.5 Å². The van der Waals surface area contributed by atoms with Crippen LogP contribution in [-0.2, 0) is 10.0 Å². The van der Waals surface area contributed by atoms with Gasteiger partial charge in [0, 0.05) is 19.1 Å². The Hall–Kier alpha value is -0.690. The zero-order valence-corrected chi connectivity index (χ0v) is 12.4. The number of benzene rings is 1. The topological polar surface area (TPSA) is 49.4 Å². The number of sulfonamides is 1. The summed E-state index contributed by atoms with van der Waals surface area (Å²) < 4.78 is 39.7. The summed E-state index contributed by atoms with van der Waals surface area (Å²) in [5.74, 6) is -0.176. The van der Waals surface area contributed by atoms with Crippen molar-refractivity contribution in [2.24, 2.45) is 5.92 Å². The number of hydrogen-bond acceptors (Lipinski definition) is 3. The number of nitrogens with one attached hydrogen (secondary N) is 1. The number of nitrogens with zero attached hydrogens (tertiary/aromatic N) is 1. The van der Waals surface area contributed by atoms with E-state index in [1.54, 1.807) is 0 Å². The molecule has 0 saturated carbocycles. The molecule has 0 bridgehead atoms. The minimum atomic E-state index is -3.64. The summed E-state index contributed by atoms with van der Waals surface area (Å²) in [6.07, 6.45) is 1.80. The van der Waals surface area contributed by atoms with E-state index in [1.807, 2.05) is 0 Å². The van der Waals surface area contributed by atoms with Crippen LogP contribution in [0.1, 0.15) is 12.8 Å². The first-order chi connectivity index (χ1) is 9.48. The second-order valence-electron chi connectivity index (χ2n) is 5.34. The number of rotatable bonds is 2. The van der Waals surface area contributed by atoms with Gasteiger partial charge in [0.05, 0.1) is 5.02 Å². The van der Waals surface area contributed by atoms with Crippen LogP contribution in [0.25, 0.3) is 0 Å². The Labute approximate surface area is 123 Å². The maximum atomic E-state index is 13.1. The zero-order chi connectivity index (χ0) is 14.3. The van der Waals surface area contributed by atoms with Gasteiger partial charge in [0.2, 0.25) is 10.0 Å². The number of piperidine rings is 1. The molecule has 0 spiro atoms. The van der Waals surface area contributed by atoms with Crippen LogP contribution in [0, 0.1) is 11.7 Å². The quantitative estimate of drug-likeness (QED) is 0.905. The van der Waals surface area contributed by atoms with Crippen LogP contribution in [-0.4, -0.2) is 38.4 Å². The van der Waals surface area contributed by atoms with Crippen LogP contribution >= 0.6 is 11.6 Å². The van der Waals surface area contributed by atoms with Gasteiger partial charge < -0.3 is 5.32 Å². The third kappa shape index (κ3) is 2.45. The van der Waals surface area contributed by atoms with Crippen molar-refractivity contribution in [3.8, 4) is 0 Å². The molecule has 1 N–H and O–H groups in total. The molecule has 2 fully saturated rings. The molecule has 2 atom stereocenters. The van der Waals surface area contributed by atoms with E-state index in [1.165, 1.54) is 10.4 Å². The molecular formula is C13H16ClFN2O2S. The third-order valence-electron chi connectivity index (χ3n) is 4.13. The van der Waals surface area contributed by atoms with Gasteiger partial charge >= 0.3 is 0 Å². The van der Waals surface area contributed by atoms with E-state index in [4.69, 9.17) is 11.6 Å². The van der Waals surface area contributed by atoms with Crippen molar-refractivity contribution in [1.82, 2.24) is 9.62 Å². The van der Waals surface area contributed by atoms with Gasteiger partial charge in [0.25, 0.3) is 0 Å². The number of hydrogen-bond donors (Lipinski definition) is 1. The van der Waals surface area contributed by atoms with Gasteiger partial charge in [-0.2, -0.15) is 4.31 Å². The molecule has 2 heterocycles. The predicted octanol–water partition coefficient (Wildman–Crippen LogP) is 1.85. The highest BCUT2D eigenvalue weighted by atomic mass is 35.5. The Morgan fingerprint density at radius 1 is 1.35 bits per heavy atom. The van der Waals surface area contributed by atoms with Crippen molar-refractivity contribution >= 4 is 21.6 Å². The monoisotopic (exact) mass is 318 g/mol. The Balaban J connectivity index is 1.88. The highest BCUT2D eigenvalue weighted by molar-refractivity contribution is 7.89. The molecule has 20 heavy (non-hydrogen) atoms. The number of fused-ring (bicyclic) bond motifs is 1. The average molecular weight is 319 g/mol. The standard InChI is InChI=1S/C13H16ClFN2O2S/c14-11-7-10(15)1-2-13(11)20(18,19)17-6-4-12-9(8-17)3-5-16-12/h1-2,7,9,12,16H,3-6,8H2. The molecule has 2 aliphatic rings. The highest BCUT2D eigenvalue weighted by Crippen LogP contribution is 2.31. The SMILES string of the molecule is O=S(=O)(c1ccc(F)cc1Cl)N1CCC2NCCC2C1. The van der Waals surface area contributed by atoms with E-state index < -0.39 is 15.8 Å². The molecule has 0 amide bonds. The molecule has 1 aromatic carbocycles. The van der Waals surface area contributed by atoms with E-state index in [-0.39, 0.29) is 9.92 Å². The summed E-state index contributed by atoms with van der Waals surface area (Å²) in [5, 5.41) is 3.33. The lowest BCUT2D eigenvalue weighted by molar-refractivity contribution is 0.247. The van der Waals surface area contributed by atoms with Crippen molar-refractivity contribution in [2.45, 2.75) is 23.8 Å². The summed E-state index contributed by atoms with van der Waals surface area (Å²) in [7, 11) is -3.64. The third-order valence-corrected chi connectivity index (χ3v) is 6.48. The molecule has 3 rings (SSSR count). The number of halogens is 2. The Morgan fingerprint density at radius 2 is 2.15 bits per heavy atom. The van der Waals surface area contributed by atoms with Crippen LogP contribution < -0.4 is 5.32 Å². The van der Waals surface area contributed by atoms with Gasteiger partial charge in [-0.3, -0.25) is 0 Å². The van der Waals surface area contributed by atoms with Crippen LogP contribution in [0.15, 0.2) is 23.1 Å². The molecule has 0 aliphatic carbocycles. The van der Waals surface area contributed by atoms with Crippen molar-refractivity contribution in [3.63, 3.8) is 0 Å². The van der Waals surface area contributed by atoms with Gasteiger partial charge in [0.1, 0.15) is 10.7 Å². The fourth-order valence-electron chi connectivity index (χ4n) is 3.06.